The van der Waals surface area contributed by atoms with Crippen LogP contribution in [0, 0.1) is 0 Å². The monoisotopic (exact) mass is 349 g/mol. The van der Waals surface area contributed by atoms with Gasteiger partial charge in [0.05, 0.1) is 4.99 Å². The van der Waals surface area contributed by atoms with E-state index in [1.165, 1.54) is 69.8 Å². The number of nitrogens with one attached hydrogen (secondary N) is 1. The summed E-state index contributed by atoms with van der Waals surface area (Å²) in [5.41, 5.74) is 1.22. The summed E-state index contributed by atoms with van der Waals surface area (Å²) < 4.78 is 0. The summed E-state index contributed by atoms with van der Waals surface area (Å²) in [5.74, 6) is 0.322. The highest BCUT2D eigenvalue weighted by atomic mass is 32.1. The second-order valence-corrected chi connectivity index (χ2v) is 7.19. The van der Waals surface area contributed by atoms with Crippen LogP contribution >= 0.6 is 12.2 Å². The van der Waals surface area contributed by atoms with Crippen molar-refractivity contribution in [1.82, 2.24) is 5.32 Å². The van der Waals surface area contributed by atoms with Gasteiger partial charge >= 0.3 is 0 Å². The lowest BCUT2D eigenvalue weighted by molar-refractivity contribution is 0.475. The first-order valence-corrected chi connectivity index (χ1v) is 10.2. The first-order valence-electron chi connectivity index (χ1n) is 9.77. The average molecular weight is 350 g/mol. The maximum Gasteiger partial charge on any atom is 0.115 e. The predicted molar refractivity (Wildman–Crippen MR) is 109 cm³/mol. The molecule has 136 valence electrons. The summed E-state index contributed by atoms with van der Waals surface area (Å²) in [7, 11) is 0. The van der Waals surface area contributed by atoms with Gasteiger partial charge < -0.3 is 10.4 Å². The minimum atomic E-state index is 0.322. The zero-order valence-electron chi connectivity index (χ0n) is 15.4. The Kier molecular flexibility index (Phi) is 12.5. The Hall–Kier alpha value is -1.09. The van der Waals surface area contributed by atoms with Gasteiger partial charge in [0.25, 0.3) is 0 Å². The van der Waals surface area contributed by atoms with E-state index < -0.39 is 0 Å². The molecule has 0 amide bonds. The van der Waals surface area contributed by atoms with E-state index in [1.54, 1.807) is 12.1 Å². The fourth-order valence-electron chi connectivity index (χ4n) is 2.87. The van der Waals surface area contributed by atoms with Crippen molar-refractivity contribution in [3.63, 3.8) is 0 Å². The summed E-state index contributed by atoms with van der Waals surface area (Å²) >= 11 is 5.40. The molecular weight excluding hydrogens is 314 g/mol. The second kappa shape index (κ2) is 14.3. The minimum Gasteiger partial charge on any atom is -0.508 e. The molecule has 0 radical (unpaired) electrons. The molecule has 0 atom stereocenters. The first kappa shape index (κ1) is 21.0. The molecule has 0 heterocycles. The molecule has 2 nitrogen and oxygen atoms in total. The predicted octanol–water partition coefficient (Wildman–Crippen LogP) is 6.16. The van der Waals surface area contributed by atoms with Crippen molar-refractivity contribution >= 4 is 17.2 Å². The molecule has 1 aromatic rings. The van der Waals surface area contributed by atoms with Gasteiger partial charge in [0.2, 0.25) is 0 Å². The highest BCUT2D eigenvalue weighted by Crippen LogP contribution is 2.12. The topological polar surface area (TPSA) is 32.3 Å². The van der Waals surface area contributed by atoms with Crippen molar-refractivity contribution in [2.45, 2.75) is 84.0 Å². The van der Waals surface area contributed by atoms with Crippen molar-refractivity contribution in [3.05, 3.63) is 29.8 Å². The second-order valence-electron chi connectivity index (χ2n) is 6.70. The SMILES string of the molecule is CCCCCCCCCCCCC(=S)NCCc1ccc(O)cc1. The summed E-state index contributed by atoms with van der Waals surface area (Å²) in [4.78, 5) is 0.994. The van der Waals surface area contributed by atoms with E-state index in [4.69, 9.17) is 12.2 Å². The zero-order chi connectivity index (χ0) is 17.5. The highest BCUT2D eigenvalue weighted by molar-refractivity contribution is 7.80. The van der Waals surface area contributed by atoms with Gasteiger partial charge in [0, 0.05) is 6.54 Å². The van der Waals surface area contributed by atoms with Gasteiger partial charge in [0.15, 0.2) is 0 Å². The Morgan fingerprint density at radius 1 is 0.875 bits per heavy atom. The van der Waals surface area contributed by atoms with Crippen LogP contribution in [0.2, 0.25) is 0 Å². The summed E-state index contributed by atoms with van der Waals surface area (Å²) in [5, 5.41) is 12.6. The van der Waals surface area contributed by atoms with Crippen molar-refractivity contribution in [3.8, 4) is 5.75 Å². The van der Waals surface area contributed by atoms with E-state index in [9.17, 15) is 5.11 Å². The van der Waals surface area contributed by atoms with Crippen LogP contribution < -0.4 is 5.32 Å². The lowest BCUT2D eigenvalue weighted by Crippen LogP contribution is -2.23. The van der Waals surface area contributed by atoms with Crippen LogP contribution in [0.4, 0.5) is 0 Å². The Balaban J connectivity index is 1.88. The number of unbranched alkanes of at least 4 members (excludes halogenated alkanes) is 9. The largest absolute Gasteiger partial charge is 0.508 e. The Morgan fingerprint density at radius 2 is 1.42 bits per heavy atom. The smallest absolute Gasteiger partial charge is 0.115 e. The summed E-state index contributed by atoms with van der Waals surface area (Å²) in [6, 6.07) is 7.39. The minimum absolute atomic E-state index is 0.322. The lowest BCUT2D eigenvalue weighted by atomic mass is 10.1. The van der Waals surface area contributed by atoms with Gasteiger partial charge in [0.1, 0.15) is 5.75 Å². The molecule has 3 heteroatoms. The zero-order valence-corrected chi connectivity index (χ0v) is 16.2. The first-order chi connectivity index (χ1) is 11.7. The van der Waals surface area contributed by atoms with Crippen LogP contribution in [0.25, 0.3) is 0 Å². The standard InChI is InChI=1S/C21H35NOS/c1-2-3-4-5-6-7-8-9-10-11-12-21(24)22-18-17-19-13-15-20(23)16-14-19/h13-16,23H,2-12,17-18H2,1H3,(H,22,24). The van der Waals surface area contributed by atoms with Gasteiger partial charge in [-0.15, -0.1) is 0 Å². The molecule has 0 aromatic heterocycles. The van der Waals surface area contributed by atoms with Crippen LogP contribution in [-0.4, -0.2) is 16.6 Å². The molecule has 1 aromatic carbocycles. The quantitative estimate of drug-likeness (QED) is 0.311. The molecule has 0 saturated carbocycles. The Morgan fingerprint density at radius 3 is 2.00 bits per heavy atom. The van der Waals surface area contributed by atoms with Crippen LogP contribution in [0.15, 0.2) is 24.3 Å². The molecule has 1 rings (SSSR count). The maximum absolute atomic E-state index is 9.26. The van der Waals surface area contributed by atoms with Crippen LogP contribution in [0.1, 0.15) is 83.1 Å². The average Bonchev–Trinajstić information content (AvgIpc) is 2.58. The fourth-order valence-corrected chi connectivity index (χ4v) is 3.12. The normalized spacial score (nSPS) is 10.7. The molecule has 0 fully saturated rings. The van der Waals surface area contributed by atoms with E-state index in [0.29, 0.717) is 5.75 Å². The van der Waals surface area contributed by atoms with Gasteiger partial charge in [-0.3, -0.25) is 0 Å². The lowest BCUT2D eigenvalue weighted by Gasteiger charge is -2.08. The number of phenolic OH excluding ortho intramolecular Hbond substituents is 1. The van der Waals surface area contributed by atoms with Crippen LogP contribution in [0.3, 0.4) is 0 Å². The third kappa shape index (κ3) is 11.4. The van der Waals surface area contributed by atoms with Crippen molar-refractivity contribution in [2.75, 3.05) is 6.54 Å². The Labute approximate surface area is 154 Å². The summed E-state index contributed by atoms with van der Waals surface area (Å²) in [6.07, 6.45) is 15.6. The van der Waals surface area contributed by atoms with Gasteiger partial charge in [-0.1, -0.05) is 89.1 Å². The van der Waals surface area contributed by atoms with Crippen LogP contribution in [0.5, 0.6) is 5.75 Å². The van der Waals surface area contributed by atoms with Crippen molar-refractivity contribution in [1.29, 1.82) is 0 Å². The molecule has 0 aliphatic carbocycles. The number of thiocarbonyl (C=S) groups is 1. The van der Waals surface area contributed by atoms with Gasteiger partial charge in [-0.05, 0) is 37.0 Å². The van der Waals surface area contributed by atoms with E-state index >= 15 is 0 Å². The molecule has 2 N–H and O–H groups in total. The number of benzene rings is 1. The van der Waals surface area contributed by atoms with Gasteiger partial charge in [-0.25, -0.2) is 0 Å². The van der Waals surface area contributed by atoms with Crippen LogP contribution in [-0.2, 0) is 6.42 Å². The van der Waals surface area contributed by atoms with Crippen molar-refractivity contribution < 1.29 is 5.11 Å². The molecule has 0 aliphatic heterocycles. The van der Waals surface area contributed by atoms with Gasteiger partial charge in [-0.2, -0.15) is 0 Å². The van der Waals surface area contributed by atoms with E-state index in [2.05, 4.69) is 12.2 Å². The molecule has 0 unspecified atom stereocenters. The summed E-state index contributed by atoms with van der Waals surface area (Å²) in [6.45, 7) is 3.15. The third-order valence-corrected chi connectivity index (χ3v) is 4.78. The molecule has 0 aliphatic rings. The van der Waals surface area contributed by atoms with E-state index in [-0.39, 0.29) is 0 Å². The Bertz CT molecular complexity index is 430. The maximum atomic E-state index is 9.26. The molecular formula is C21H35NOS. The fraction of sp³-hybridized carbons (Fsp3) is 0.667. The van der Waals surface area contributed by atoms with Crippen molar-refractivity contribution in [2.24, 2.45) is 0 Å². The molecule has 0 bridgehead atoms. The molecule has 24 heavy (non-hydrogen) atoms. The molecule has 0 saturated heterocycles. The number of aromatic hydroxyl groups is 1. The molecule has 0 spiro atoms. The number of rotatable bonds is 14. The third-order valence-electron chi connectivity index (χ3n) is 4.43. The highest BCUT2D eigenvalue weighted by Gasteiger charge is 1.98. The number of hydrogen-bond acceptors (Lipinski definition) is 2. The van der Waals surface area contributed by atoms with E-state index in [0.717, 1.165) is 24.4 Å². The van der Waals surface area contributed by atoms with E-state index in [1.807, 2.05) is 12.1 Å². The number of phenols is 1. The number of hydrogen-bond donors (Lipinski definition) is 2.